The van der Waals surface area contributed by atoms with Gasteiger partial charge in [-0.1, -0.05) is 45.0 Å². The van der Waals surface area contributed by atoms with Crippen LogP contribution in [0.5, 0.6) is 0 Å². The minimum Gasteiger partial charge on any atom is -0.448 e. The fraction of sp³-hybridized carbons (Fsp3) is 0.375. The fourth-order valence-corrected chi connectivity index (χ4v) is 2.57. The monoisotopic (exact) mass is 3440 g/mol. The van der Waals surface area contributed by atoms with E-state index in [1.807, 2.05) is 65.8 Å². The van der Waals surface area contributed by atoms with E-state index in [1.54, 1.807) is 36.7 Å². The molecular formula is C24H31BN2O3W16Y-2. The molecule has 0 aliphatic carbocycles. The molecule has 4 rings (SSSR count). The van der Waals surface area contributed by atoms with Gasteiger partial charge in [0.15, 0.2) is 0 Å². The van der Waals surface area contributed by atoms with Crippen LogP contribution in [0.25, 0.3) is 11.0 Å². The van der Waals surface area contributed by atoms with Gasteiger partial charge in [0.1, 0.15) is 0 Å². The van der Waals surface area contributed by atoms with Crippen LogP contribution in [0.4, 0.5) is 0 Å². The van der Waals surface area contributed by atoms with Gasteiger partial charge in [-0.05, 0) is 39.4 Å². The molecule has 1 radical (unpaired) electrons. The van der Waals surface area contributed by atoms with E-state index in [0.29, 0.717) is 5.56 Å². The van der Waals surface area contributed by atoms with E-state index in [0.717, 1.165) is 16.5 Å². The predicted octanol–water partition coefficient (Wildman–Crippen LogP) is 4.49. The first-order valence-electron chi connectivity index (χ1n) is 9.74. The number of nitrogens with zero attached hydrogens (tertiary/aromatic N) is 2. The molecule has 0 saturated carbocycles. The Morgan fingerprint density at radius 3 is 1.36 bits per heavy atom. The molecule has 23 heteroatoms. The van der Waals surface area contributed by atoms with E-state index in [2.05, 4.69) is 16.2 Å². The molecule has 1 aliphatic rings. The van der Waals surface area contributed by atoms with Crippen LogP contribution in [0.1, 0.15) is 54.5 Å². The van der Waals surface area contributed by atoms with Crippen molar-refractivity contribution in [2.75, 3.05) is 0 Å². The summed E-state index contributed by atoms with van der Waals surface area (Å²) in [4.78, 5) is 18.3. The minimum atomic E-state index is -0.364. The van der Waals surface area contributed by atoms with Crippen molar-refractivity contribution in [3.63, 3.8) is 0 Å². The largest absolute Gasteiger partial charge is 0.493 e. The third kappa shape index (κ3) is 40.7. The average Bonchev–Trinajstić information content (AvgIpc) is 2.97. The number of benzene rings is 2. The summed E-state index contributed by atoms with van der Waals surface area (Å²) in [5.41, 5.74) is 2.55. The molecule has 0 bridgehead atoms. The molecule has 0 atom stereocenters. The van der Waals surface area contributed by atoms with Crippen molar-refractivity contribution in [2.24, 2.45) is 0 Å². The SMILES string of the molecule is C.CC.CC1(C)OB(c2ccc3nc[c-]nc3c2)OC1(C)C.O=[C-]c1ccccc1.[W].[W].[W].[W].[W].[W].[W].[W].[W].[W].[W].[W].[W].[W].[W].[W].[Y]. The Morgan fingerprint density at radius 2 is 1.02 bits per heavy atom. The van der Waals surface area contributed by atoms with Crippen LogP contribution in [-0.4, -0.2) is 34.6 Å². The summed E-state index contributed by atoms with van der Waals surface area (Å²) < 4.78 is 12.0. The van der Waals surface area contributed by atoms with Crippen molar-refractivity contribution < 1.29 is 384 Å². The van der Waals surface area contributed by atoms with Crippen molar-refractivity contribution in [2.45, 2.75) is 60.2 Å². The summed E-state index contributed by atoms with van der Waals surface area (Å²) in [6.45, 7) is 12.2. The summed E-state index contributed by atoms with van der Waals surface area (Å²) >= 11 is 0. The van der Waals surface area contributed by atoms with Crippen molar-refractivity contribution in [1.29, 1.82) is 0 Å². The van der Waals surface area contributed by atoms with Gasteiger partial charge in [-0.25, -0.2) is 0 Å². The Kier molecular flexibility index (Phi) is 148. The maximum Gasteiger partial charge on any atom is 0.493 e. The molecule has 47 heavy (non-hydrogen) atoms. The van der Waals surface area contributed by atoms with Gasteiger partial charge < -0.3 is 19.1 Å². The number of fused-ring (bicyclic) bond motifs is 1. The molecule has 1 aromatic heterocycles. The molecule has 1 saturated heterocycles. The average molecular weight is 3440 g/mol. The number of aromatic nitrogens is 2. The van der Waals surface area contributed by atoms with Gasteiger partial charge in [0.25, 0.3) is 0 Å². The fourth-order valence-electron chi connectivity index (χ4n) is 2.57. The topological polar surface area (TPSA) is 61.3 Å². The number of hydrogen-bond acceptors (Lipinski definition) is 5. The van der Waals surface area contributed by atoms with Gasteiger partial charge in [0.05, 0.1) is 17.5 Å². The van der Waals surface area contributed by atoms with Crippen LogP contribution in [0.15, 0.2) is 54.7 Å². The van der Waals surface area contributed by atoms with Gasteiger partial charge in [0, 0.05) is 375 Å². The first-order chi connectivity index (χ1) is 13.8. The molecule has 2 aromatic carbocycles. The van der Waals surface area contributed by atoms with Gasteiger partial charge in [-0.15, -0.1) is 24.4 Å². The second-order valence-electron chi connectivity index (χ2n) is 7.30. The summed E-state index contributed by atoms with van der Waals surface area (Å²) in [5, 5.41) is 0. The summed E-state index contributed by atoms with van der Waals surface area (Å²) in [7, 11) is -0.364. The van der Waals surface area contributed by atoms with Gasteiger partial charge in [-0.3, -0.25) is 4.98 Å². The molecule has 0 amide bonds. The van der Waals surface area contributed by atoms with E-state index in [1.165, 1.54) is 0 Å². The molecule has 1 aliphatic heterocycles. The van der Waals surface area contributed by atoms with Crippen LogP contribution in [0.3, 0.4) is 0 Å². The zero-order chi connectivity index (χ0) is 21.5. The molecular weight excluding hydrogens is 3410 g/mol. The van der Waals surface area contributed by atoms with Crippen molar-refractivity contribution in [3.05, 3.63) is 66.5 Å². The van der Waals surface area contributed by atoms with Crippen LogP contribution in [0, 0.1) is 6.20 Å². The standard InChI is InChI=1S/C14H16BN2O2.C7H5O.C2H6.CH4.16W.Y/c1-13(2)14(3,4)19-15(18-13)10-5-6-11-12(9-10)17-8-7-16-11;8-6-7-4-2-1-3-5-7;1-2;;;;;;;;;;;;;;;;;;/h5-7,9H,1-4H3;1-5H;1-2H3;1H4;;;;;;;;;;;;;;;;;/q2*-1;;;;;;;;;;;;;;;;;;;. The van der Waals surface area contributed by atoms with E-state index in [4.69, 9.17) is 9.31 Å². The molecule has 259 valence electrons. The smallest absolute Gasteiger partial charge is 0.448 e. The summed E-state index contributed by atoms with van der Waals surface area (Å²) in [6, 6.07) is 14.7. The maximum atomic E-state index is 9.88. The maximum absolute atomic E-state index is 9.88. The second kappa shape index (κ2) is 62.2. The van der Waals surface area contributed by atoms with E-state index < -0.39 is 0 Å². The van der Waals surface area contributed by atoms with Crippen molar-refractivity contribution in [3.8, 4) is 0 Å². The molecule has 0 spiro atoms. The number of rotatable bonds is 2. The Balaban J connectivity index is -0.0000000195. The quantitative estimate of drug-likeness (QED) is 0.280. The van der Waals surface area contributed by atoms with Crippen LogP contribution in [0.2, 0.25) is 0 Å². The van der Waals surface area contributed by atoms with Gasteiger partial charge in [-0.2, -0.15) is 17.7 Å². The van der Waals surface area contributed by atoms with Crippen LogP contribution in [-0.2, 0) is 384 Å². The molecule has 2 heterocycles. The number of carbonyl (C=O) groups excluding carboxylic acids is 1. The molecule has 3 aromatic rings. The summed E-state index contributed by atoms with van der Waals surface area (Å²) in [6.07, 6.45) is 6.09. The Bertz CT molecular complexity index is 964. The zero-order valence-electron chi connectivity index (χ0n) is 25.0. The Hall–Kier alpha value is 9.55. The van der Waals surface area contributed by atoms with E-state index in [9.17, 15) is 4.79 Å². The van der Waals surface area contributed by atoms with Gasteiger partial charge in [0.2, 0.25) is 0 Å². The van der Waals surface area contributed by atoms with Crippen molar-refractivity contribution >= 4 is 29.9 Å². The predicted molar refractivity (Wildman–Crippen MR) is 123 cm³/mol. The summed E-state index contributed by atoms with van der Waals surface area (Å²) in [5.74, 6) is 0. The van der Waals surface area contributed by atoms with Gasteiger partial charge >= 0.3 is 7.12 Å². The van der Waals surface area contributed by atoms with Crippen molar-refractivity contribution in [1.82, 2.24) is 9.97 Å². The van der Waals surface area contributed by atoms with E-state index >= 15 is 0 Å². The first kappa shape index (κ1) is 112. The molecule has 5 nitrogen and oxygen atoms in total. The molecule has 0 unspecified atom stereocenters. The minimum absolute atomic E-state index is 0. The Labute approximate surface area is 538 Å². The second-order valence-corrected chi connectivity index (χ2v) is 7.30. The number of hydrogen-bond donors (Lipinski definition) is 0. The normalized spacial score (nSPS) is 10.0. The zero-order valence-corrected chi connectivity index (χ0v) is 74.8. The molecule has 0 N–H and O–H groups in total. The Morgan fingerprint density at radius 1 is 0.638 bits per heavy atom. The van der Waals surface area contributed by atoms with Crippen LogP contribution < -0.4 is 5.46 Å². The van der Waals surface area contributed by atoms with E-state index in [-0.39, 0.29) is 396 Å². The molecule has 1 fully saturated rings. The third-order valence-corrected chi connectivity index (χ3v) is 4.86. The first-order valence-corrected chi connectivity index (χ1v) is 9.74. The third-order valence-electron chi connectivity index (χ3n) is 4.86. The van der Waals surface area contributed by atoms with Crippen LogP contribution >= 0.6 is 0 Å².